The van der Waals surface area contributed by atoms with Gasteiger partial charge in [-0.05, 0) is 38.0 Å². The molecule has 5 nitrogen and oxygen atoms in total. The standard InChI is InChI=1S/C12H20N2O3S/c1-9(7-10(2)15)14-18(16,17)8-11-3-5-12(13)6-4-11/h3-6,9-10,14-15H,7-8,13H2,1-2H3. The van der Waals surface area contributed by atoms with Gasteiger partial charge in [0.2, 0.25) is 10.0 Å². The number of nitrogen functional groups attached to an aromatic ring is 1. The Labute approximate surface area is 108 Å². The predicted molar refractivity (Wildman–Crippen MR) is 72.4 cm³/mol. The van der Waals surface area contributed by atoms with Crippen molar-refractivity contribution >= 4 is 15.7 Å². The molecule has 0 bridgehead atoms. The molecule has 0 fully saturated rings. The van der Waals surface area contributed by atoms with Crippen LogP contribution in [-0.2, 0) is 15.8 Å². The summed E-state index contributed by atoms with van der Waals surface area (Å²) >= 11 is 0. The van der Waals surface area contributed by atoms with Crippen molar-refractivity contribution in [3.05, 3.63) is 29.8 Å². The van der Waals surface area contributed by atoms with Gasteiger partial charge in [0.05, 0.1) is 11.9 Å². The minimum Gasteiger partial charge on any atom is -0.399 e. The Bertz CT molecular complexity index is 469. The van der Waals surface area contributed by atoms with Crippen molar-refractivity contribution in [1.29, 1.82) is 0 Å². The molecule has 6 heteroatoms. The van der Waals surface area contributed by atoms with E-state index in [1.807, 2.05) is 0 Å². The van der Waals surface area contributed by atoms with E-state index in [1.54, 1.807) is 38.1 Å². The zero-order chi connectivity index (χ0) is 13.8. The molecule has 1 rings (SSSR count). The van der Waals surface area contributed by atoms with Crippen LogP contribution in [0.2, 0.25) is 0 Å². The maximum Gasteiger partial charge on any atom is 0.216 e. The van der Waals surface area contributed by atoms with Gasteiger partial charge in [0.15, 0.2) is 0 Å². The largest absolute Gasteiger partial charge is 0.399 e. The third kappa shape index (κ3) is 5.48. The molecule has 0 aliphatic heterocycles. The molecule has 0 aliphatic rings. The number of nitrogens with two attached hydrogens (primary N) is 1. The summed E-state index contributed by atoms with van der Waals surface area (Å²) in [6.45, 7) is 3.36. The van der Waals surface area contributed by atoms with Crippen LogP contribution in [-0.4, -0.2) is 25.7 Å². The lowest BCUT2D eigenvalue weighted by atomic mass is 10.2. The van der Waals surface area contributed by atoms with Crippen LogP contribution in [0.4, 0.5) is 5.69 Å². The van der Waals surface area contributed by atoms with Crippen molar-refractivity contribution in [1.82, 2.24) is 4.72 Å². The third-order valence-electron chi connectivity index (χ3n) is 2.41. The van der Waals surface area contributed by atoms with Crippen LogP contribution in [0.3, 0.4) is 0 Å². The lowest BCUT2D eigenvalue weighted by molar-refractivity contribution is 0.175. The minimum absolute atomic E-state index is 0.0859. The topological polar surface area (TPSA) is 92.4 Å². The lowest BCUT2D eigenvalue weighted by Crippen LogP contribution is -2.35. The predicted octanol–water partition coefficient (Wildman–Crippen LogP) is 0.848. The quantitative estimate of drug-likeness (QED) is 0.669. The normalized spacial score (nSPS) is 15.3. The summed E-state index contributed by atoms with van der Waals surface area (Å²) in [5, 5.41) is 9.19. The Balaban J connectivity index is 2.62. The molecule has 1 aromatic carbocycles. The number of hydrogen-bond acceptors (Lipinski definition) is 4. The SMILES string of the molecule is CC(O)CC(C)NS(=O)(=O)Cc1ccc(N)cc1. The van der Waals surface area contributed by atoms with Crippen LogP contribution in [0.25, 0.3) is 0 Å². The molecule has 0 amide bonds. The van der Waals surface area contributed by atoms with Crippen LogP contribution in [0, 0.1) is 0 Å². The van der Waals surface area contributed by atoms with Crippen molar-refractivity contribution in [2.75, 3.05) is 5.73 Å². The van der Waals surface area contributed by atoms with Gasteiger partial charge in [-0.1, -0.05) is 12.1 Å². The molecule has 0 aliphatic carbocycles. The van der Waals surface area contributed by atoms with E-state index in [9.17, 15) is 13.5 Å². The molecule has 2 unspecified atom stereocenters. The van der Waals surface area contributed by atoms with Gasteiger partial charge in [-0.15, -0.1) is 0 Å². The molecule has 0 aromatic heterocycles. The first-order chi connectivity index (χ1) is 8.28. The Hall–Kier alpha value is -1.11. The molecule has 0 spiro atoms. The number of sulfonamides is 1. The Morgan fingerprint density at radius 3 is 2.33 bits per heavy atom. The van der Waals surface area contributed by atoms with Crippen molar-refractivity contribution in [3.63, 3.8) is 0 Å². The van der Waals surface area contributed by atoms with Gasteiger partial charge in [-0.2, -0.15) is 0 Å². The molecular weight excluding hydrogens is 252 g/mol. The average Bonchev–Trinajstić information content (AvgIpc) is 2.18. The highest BCUT2D eigenvalue weighted by molar-refractivity contribution is 7.88. The van der Waals surface area contributed by atoms with Crippen molar-refractivity contribution < 1.29 is 13.5 Å². The highest BCUT2D eigenvalue weighted by Crippen LogP contribution is 2.09. The monoisotopic (exact) mass is 272 g/mol. The second-order valence-corrected chi connectivity index (χ2v) is 6.36. The second kappa shape index (κ2) is 6.17. The van der Waals surface area contributed by atoms with Crippen LogP contribution < -0.4 is 10.5 Å². The van der Waals surface area contributed by atoms with E-state index in [0.29, 0.717) is 17.7 Å². The summed E-state index contributed by atoms with van der Waals surface area (Å²) in [4.78, 5) is 0. The van der Waals surface area contributed by atoms with Crippen molar-refractivity contribution in [3.8, 4) is 0 Å². The summed E-state index contributed by atoms with van der Waals surface area (Å²) in [6, 6.07) is 6.43. The van der Waals surface area contributed by atoms with Gasteiger partial charge >= 0.3 is 0 Å². The van der Waals surface area contributed by atoms with E-state index in [4.69, 9.17) is 5.73 Å². The molecule has 4 N–H and O–H groups in total. The van der Waals surface area contributed by atoms with E-state index >= 15 is 0 Å². The molecule has 102 valence electrons. The van der Waals surface area contributed by atoms with Crippen LogP contribution in [0.15, 0.2) is 24.3 Å². The fourth-order valence-corrected chi connectivity index (χ4v) is 3.17. The van der Waals surface area contributed by atoms with E-state index in [0.717, 1.165) is 0 Å². The molecule has 0 saturated heterocycles. The van der Waals surface area contributed by atoms with Gasteiger partial charge in [-0.25, -0.2) is 13.1 Å². The third-order valence-corrected chi connectivity index (χ3v) is 3.89. The number of aliphatic hydroxyl groups is 1. The van der Waals surface area contributed by atoms with Gasteiger partial charge in [-0.3, -0.25) is 0 Å². The first-order valence-corrected chi connectivity index (χ1v) is 7.46. The Kier molecular flexibility index (Phi) is 5.13. The van der Waals surface area contributed by atoms with Gasteiger partial charge in [0.1, 0.15) is 0 Å². The van der Waals surface area contributed by atoms with Crippen LogP contribution in [0.5, 0.6) is 0 Å². The van der Waals surface area contributed by atoms with E-state index < -0.39 is 16.1 Å². The highest BCUT2D eigenvalue weighted by Gasteiger charge is 2.16. The molecule has 2 atom stereocenters. The molecule has 0 radical (unpaired) electrons. The summed E-state index contributed by atoms with van der Waals surface area (Å²) in [5.74, 6) is -0.0859. The smallest absolute Gasteiger partial charge is 0.216 e. The number of hydrogen-bond donors (Lipinski definition) is 3. The minimum atomic E-state index is -3.39. The number of nitrogens with one attached hydrogen (secondary N) is 1. The maximum atomic E-state index is 11.9. The molecule has 18 heavy (non-hydrogen) atoms. The number of rotatable bonds is 6. The number of aliphatic hydroxyl groups excluding tert-OH is 1. The summed E-state index contributed by atoms with van der Waals surface area (Å²) in [6.07, 6.45) is -0.139. The fourth-order valence-electron chi connectivity index (χ4n) is 1.74. The summed E-state index contributed by atoms with van der Waals surface area (Å²) in [7, 11) is -3.39. The summed E-state index contributed by atoms with van der Waals surface area (Å²) in [5.41, 5.74) is 6.82. The van der Waals surface area contributed by atoms with Gasteiger partial charge in [0, 0.05) is 11.7 Å². The zero-order valence-electron chi connectivity index (χ0n) is 10.6. The van der Waals surface area contributed by atoms with Crippen molar-refractivity contribution in [2.45, 2.75) is 38.2 Å². The maximum absolute atomic E-state index is 11.9. The second-order valence-electron chi connectivity index (χ2n) is 4.60. The van der Waals surface area contributed by atoms with Crippen molar-refractivity contribution in [2.24, 2.45) is 0 Å². The van der Waals surface area contributed by atoms with Crippen LogP contribution in [0.1, 0.15) is 25.8 Å². The zero-order valence-corrected chi connectivity index (χ0v) is 11.4. The summed E-state index contributed by atoms with van der Waals surface area (Å²) < 4.78 is 26.2. The lowest BCUT2D eigenvalue weighted by Gasteiger charge is -2.15. The molecular formula is C12H20N2O3S. The Morgan fingerprint density at radius 2 is 1.83 bits per heavy atom. The van der Waals surface area contributed by atoms with E-state index in [1.165, 1.54) is 0 Å². The molecule has 0 saturated carbocycles. The average molecular weight is 272 g/mol. The highest BCUT2D eigenvalue weighted by atomic mass is 32.2. The number of benzene rings is 1. The number of anilines is 1. The van der Waals surface area contributed by atoms with E-state index in [2.05, 4.69) is 4.72 Å². The van der Waals surface area contributed by atoms with E-state index in [-0.39, 0.29) is 11.8 Å². The van der Waals surface area contributed by atoms with Gasteiger partial charge in [0.25, 0.3) is 0 Å². The first-order valence-electron chi connectivity index (χ1n) is 5.81. The van der Waals surface area contributed by atoms with Crippen LogP contribution >= 0.6 is 0 Å². The Morgan fingerprint density at radius 1 is 1.28 bits per heavy atom. The van der Waals surface area contributed by atoms with Gasteiger partial charge < -0.3 is 10.8 Å². The molecule has 1 aromatic rings. The molecule has 0 heterocycles. The fraction of sp³-hybridized carbons (Fsp3) is 0.500. The first kappa shape index (κ1) is 14.9.